The van der Waals surface area contributed by atoms with Gasteiger partial charge in [0.15, 0.2) is 0 Å². The van der Waals surface area contributed by atoms with Gasteiger partial charge in [0.2, 0.25) is 0 Å². The molecule has 1 N–H and O–H groups in total. The third kappa shape index (κ3) is 4.82. The summed E-state index contributed by atoms with van der Waals surface area (Å²) in [5.41, 5.74) is 2.04. The Morgan fingerprint density at radius 1 is 1.19 bits per heavy atom. The Morgan fingerprint density at radius 3 is 2.52 bits per heavy atom. The summed E-state index contributed by atoms with van der Waals surface area (Å²) in [5.74, 6) is 1.15. The molecule has 27 heavy (non-hydrogen) atoms. The van der Waals surface area contributed by atoms with E-state index in [1.165, 1.54) is 5.56 Å². The number of aryl methyl sites for hydroxylation is 1. The Hall–Kier alpha value is -1.17. The zero-order valence-corrected chi connectivity index (χ0v) is 18.7. The second kappa shape index (κ2) is 7.69. The van der Waals surface area contributed by atoms with Crippen LogP contribution in [0.15, 0.2) is 45.8 Å². The largest absolute Gasteiger partial charge is 0.493 e. The topological polar surface area (TPSA) is 46.5 Å². The number of rotatable bonds is 6. The highest BCUT2D eigenvalue weighted by atomic mass is 79.9. The molecule has 3 nitrogen and oxygen atoms in total. The highest BCUT2D eigenvalue weighted by Gasteiger charge is 2.36. The van der Waals surface area contributed by atoms with Gasteiger partial charge in [0.05, 0.1) is 28.8 Å². The summed E-state index contributed by atoms with van der Waals surface area (Å²) in [6, 6.07) is 11.8. The van der Waals surface area contributed by atoms with Crippen LogP contribution in [-0.2, 0) is 22.6 Å². The zero-order valence-electron chi connectivity index (χ0n) is 16.3. The van der Waals surface area contributed by atoms with Gasteiger partial charge in [-0.25, -0.2) is 0 Å². The van der Waals surface area contributed by atoms with E-state index in [1.54, 1.807) is 6.92 Å². The fraction of sp³-hybridized carbons (Fsp3) is 0.455. The number of ether oxygens (including phenoxy) is 1. The molecule has 0 bridgehead atoms. The number of aliphatic hydroxyl groups is 1. The molecule has 0 saturated carbocycles. The predicted octanol–water partition coefficient (Wildman–Crippen LogP) is 4.92. The van der Waals surface area contributed by atoms with Crippen LogP contribution in [0.2, 0.25) is 0 Å². The monoisotopic (exact) mass is 450 g/mol. The maximum atomic E-state index is 12.8. The first-order valence-corrected chi connectivity index (χ1v) is 11.3. The van der Waals surface area contributed by atoms with Gasteiger partial charge in [-0.3, -0.25) is 4.21 Å². The molecular weight excluding hydrogens is 424 g/mol. The molecule has 3 rings (SSSR count). The van der Waals surface area contributed by atoms with Crippen molar-refractivity contribution in [3.05, 3.63) is 57.6 Å². The molecule has 0 aromatic heterocycles. The van der Waals surface area contributed by atoms with Crippen LogP contribution in [0.4, 0.5) is 0 Å². The van der Waals surface area contributed by atoms with Crippen LogP contribution in [0.3, 0.4) is 0 Å². The molecular formula is C22H27BrO3S. The van der Waals surface area contributed by atoms with Crippen molar-refractivity contribution in [3.63, 3.8) is 0 Å². The van der Waals surface area contributed by atoms with Crippen molar-refractivity contribution in [3.8, 4) is 5.75 Å². The van der Waals surface area contributed by atoms with Crippen molar-refractivity contribution >= 4 is 26.7 Å². The molecule has 1 aliphatic rings. The standard InChI is InChI=1S/C22H27BrO3S/c1-15-5-7-18(8-6-15)27(25)14-22(4,24)13-21(2,3)19-12-17(23)11-16-9-10-26-20(16)19/h5-8,11-12,24H,9-10,13-14H2,1-4H3/t22-,27-/m1/s1. The van der Waals surface area contributed by atoms with E-state index in [9.17, 15) is 9.32 Å². The van der Waals surface area contributed by atoms with Crippen LogP contribution in [0, 0.1) is 6.92 Å². The average Bonchev–Trinajstić information content (AvgIpc) is 3.01. The molecule has 0 amide bonds. The molecule has 146 valence electrons. The van der Waals surface area contributed by atoms with Crippen LogP contribution in [0.25, 0.3) is 0 Å². The third-order valence-electron chi connectivity index (χ3n) is 5.03. The molecule has 1 aliphatic heterocycles. The van der Waals surface area contributed by atoms with E-state index in [0.717, 1.165) is 32.7 Å². The first-order valence-electron chi connectivity index (χ1n) is 9.21. The van der Waals surface area contributed by atoms with E-state index in [0.29, 0.717) is 13.0 Å². The summed E-state index contributed by atoms with van der Waals surface area (Å²) in [6.07, 6.45) is 1.40. The van der Waals surface area contributed by atoms with Crippen LogP contribution in [0.5, 0.6) is 5.75 Å². The second-order valence-corrected chi connectivity index (χ2v) is 10.8. The van der Waals surface area contributed by atoms with E-state index >= 15 is 0 Å². The van der Waals surface area contributed by atoms with Crippen LogP contribution >= 0.6 is 15.9 Å². The lowest BCUT2D eigenvalue weighted by Gasteiger charge is -2.35. The zero-order chi connectivity index (χ0) is 19.8. The first-order chi connectivity index (χ1) is 12.6. The normalized spacial score (nSPS) is 17.1. The van der Waals surface area contributed by atoms with E-state index in [1.807, 2.05) is 31.2 Å². The Morgan fingerprint density at radius 2 is 1.85 bits per heavy atom. The van der Waals surface area contributed by atoms with Crippen LogP contribution < -0.4 is 4.74 Å². The molecule has 2 atom stereocenters. The Bertz CT molecular complexity index is 857. The highest BCUT2D eigenvalue weighted by Crippen LogP contribution is 2.43. The van der Waals surface area contributed by atoms with Gasteiger partial charge in [-0.2, -0.15) is 0 Å². The molecule has 0 aliphatic carbocycles. The van der Waals surface area contributed by atoms with Gasteiger partial charge in [0, 0.05) is 21.4 Å². The van der Waals surface area contributed by atoms with Crippen molar-refractivity contribution in [1.82, 2.24) is 0 Å². The van der Waals surface area contributed by atoms with Crippen molar-refractivity contribution in [2.45, 2.75) is 56.4 Å². The van der Waals surface area contributed by atoms with E-state index in [-0.39, 0.29) is 11.2 Å². The minimum Gasteiger partial charge on any atom is -0.493 e. The molecule has 0 fully saturated rings. The highest BCUT2D eigenvalue weighted by molar-refractivity contribution is 9.10. The van der Waals surface area contributed by atoms with Gasteiger partial charge in [0.1, 0.15) is 5.75 Å². The van der Waals surface area contributed by atoms with Crippen LogP contribution in [-0.4, -0.2) is 27.3 Å². The smallest absolute Gasteiger partial charge is 0.126 e. The maximum Gasteiger partial charge on any atom is 0.126 e. The number of hydrogen-bond acceptors (Lipinski definition) is 3. The lowest BCUT2D eigenvalue weighted by molar-refractivity contribution is 0.0536. The van der Waals surface area contributed by atoms with E-state index in [2.05, 4.69) is 41.9 Å². The quantitative estimate of drug-likeness (QED) is 0.678. The van der Waals surface area contributed by atoms with Crippen molar-refractivity contribution < 1.29 is 14.1 Å². The molecule has 0 saturated heterocycles. The van der Waals surface area contributed by atoms with E-state index < -0.39 is 16.4 Å². The van der Waals surface area contributed by atoms with E-state index in [4.69, 9.17) is 4.74 Å². The number of benzene rings is 2. The molecule has 0 unspecified atom stereocenters. The summed E-state index contributed by atoms with van der Waals surface area (Å²) in [7, 11) is -1.25. The Labute approximate surface area is 172 Å². The molecule has 2 aromatic rings. The Kier molecular flexibility index (Phi) is 5.85. The summed E-state index contributed by atoms with van der Waals surface area (Å²) in [4.78, 5) is 0.755. The van der Waals surface area contributed by atoms with Crippen molar-refractivity contribution in [1.29, 1.82) is 0 Å². The summed E-state index contributed by atoms with van der Waals surface area (Å²) >= 11 is 3.60. The molecule has 0 radical (unpaired) electrons. The average molecular weight is 451 g/mol. The minimum atomic E-state index is -1.25. The molecule has 1 heterocycles. The van der Waals surface area contributed by atoms with Gasteiger partial charge in [-0.15, -0.1) is 0 Å². The lowest BCUT2D eigenvalue weighted by atomic mass is 9.75. The second-order valence-electron chi connectivity index (χ2n) is 8.40. The fourth-order valence-electron chi connectivity index (χ4n) is 3.93. The number of fused-ring (bicyclic) bond motifs is 1. The summed E-state index contributed by atoms with van der Waals surface area (Å²) in [5, 5.41) is 11.1. The predicted molar refractivity (Wildman–Crippen MR) is 114 cm³/mol. The maximum absolute atomic E-state index is 12.8. The van der Waals surface area contributed by atoms with Crippen molar-refractivity contribution in [2.24, 2.45) is 0 Å². The van der Waals surface area contributed by atoms with Gasteiger partial charge in [0.25, 0.3) is 0 Å². The minimum absolute atomic E-state index is 0.205. The molecule has 2 aromatic carbocycles. The summed E-state index contributed by atoms with van der Waals surface area (Å²) < 4.78 is 19.7. The number of hydrogen-bond donors (Lipinski definition) is 1. The van der Waals surface area contributed by atoms with Gasteiger partial charge in [-0.1, -0.05) is 47.5 Å². The SMILES string of the molecule is Cc1ccc([S@](=O)C[C@](C)(O)CC(C)(C)c2cc(Br)cc3c2OCC3)cc1. The lowest BCUT2D eigenvalue weighted by Crippen LogP contribution is -2.38. The molecule has 0 spiro atoms. The van der Waals surface area contributed by atoms with Gasteiger partial charge >= 0.3 is 0 Å². The number of halogens is 1. The Balaban J connectivity index is 1.80. The van der Waals surface area contributed by atoms with Crippen LogP contribution in [0.1, 0.15) is 43.9 Å². The summed E-state index contributed by atoms with van der Waals surface area (Å²) in [6.45, 7) is 8.70. The first kappa shape index (κ1) is 20.6. The van der Waals surface area contributed by atoms with Gasteiger partial charge < -0.3 is 9.84 Å². The molecule has 5 heteroatoms. The fourth-order valence-corrected chi connectivity index (χ4v) is 5.70. The van der Waals surface area contributed by atoms with Gasteiger partial charge in [-0.05, 0) is 55.5 Å². The third-order valence-corrected chi connectivity index (χ3v) is 7.17. The van der Waals surface area contributed by atoms with Crippen molar-refractivity contribution in [2.75, 3.05) is 12.4 Å².